The fraction of sp³-hybridized carbons (Fsp3) is 0.350. The first kappa shape index (κ1) is 17.2. The van der Waals surface area contributed by atoms with Crippen molar-refractivity contribution < 1.29 is 14.3 Å². The van der Waals surface area contributed by atoms with Gasteiger partial charge in [-0.2, -0.15) is 0 Å². The number of ketones is 1. The number of epoxide rings is 1. The van der Waals surface area contributed by atoms with Gasteiger partial charge >= 0.3 is 0 Å². The van der Waals surface area contributed by atoms with Crippen LogP contribution in [-0.2, 0) is 10.2 Å². The average Bonchev–Trinajstić information content (AvgIpc) is 3.36. The molecule has 0 radical (unpaired) electrons. The normalized spacial score (nSPS) is 16.8. The van der Waals surface area contributed by atoms with E-state index in [4.69, 9.17) is 9.47 Å². The highest BCUT2D eigenvalue weighted by Crippen LogP contribution is 2.32. The second-order valence-corrected chi connectivity index (χ2v) is 7.89. The maximum Gasteiger partial charge on any atom is 0.196 e. The van der Waals surface area contributed by atoms with Crippen LogP contribution in [0.2, 0.25) is 0 Å². The fourth-order valence-corrected chi connectivity index (χ4v) is 2.93. The van der Waals surface area contributed by atoms with Gasteiger partial charge in [0.05, 0.1) is 16.6 Å². The van der Waals surface area contributed by atoms with Gasteiger partial charge in [-0.1, -0.05) is 51.1 Å². The molecule has 1 saturated heterocycles. The second-order valence-electron chi connectivity index (χ2n) is 7.04. The molecule has 0 aromatic heterocycles. The van der Waals surface area contributed by atoms with Gasteiger partial charge in [0.1, 0.15) is 18.5 Å². The molecule has 126 valence electrons. The van der Waals surface area contributed by atoms with Gasteiger partial charge in [-0.25, -0.2) is 0 Å². The van der Waals surface area contributed by atoms with Crippen molar-refractivity contribution in [2.75, 3.05) is 13.2 Å². The summed E-state index contributed by atoms with van der Waals surface area (Å²) in [5.74, 6) is 0.543. The molecule has 1 aliphatic heterocycles. The average molecular weight is 389 g/mol. The minimum absolute atomic E-state index is 0.0384. The zero-order valence-corrected chi connectivity index (χ0v) is 15.7. The van der Waals surface area contributed by atoms with Crippen LogP contribution in [0.1, 0.15) is 42.3 Å². The van der Waals surface area contributed by atoms with Gasteiger partial charge in [0, 0.05) is 5.56 Å². The fourth-order valence-electron chi connectivity index (χ4n) is 2.45. The van der Waals surface area contributed by atoms with Crippen molar-refractivity contribution >= 4 is 21.7 Å². The Labute approximate surface area is 151 Å². The molecule has 1 fully saturated rings. The van der Waals surface area contributed by atoms with Gasteiger partial charge in [0.15, 0.2) is 5.78 Å². The van der Waals surface area contributed by atoms with Gasteiger partial charge in [-0.05, 0) is 39.0 Å². The first-order chi connectivity index (χ1) is 11.4. The first-order valence-corrected chi connectivity index (χ1v) is 8.84. The summed E-state index contributed by atoms with van der Waals surface area (Å²) in [5.41, 5.74) is 2.49. The summed E-state index contributed by atoms with van der Waals surface area (Å²) in [4.78, 5) is 12.9. The number of halogens is 1. The molecule has 3 rings (SSSR count). The van der Waals surface area contributed by atoms with Crippen LogP contribution in [0, 0.1) is 0 Å². The topological polar surface area (TPSA) is 38.8 Å². The van der Waals surface area contributed by atoms with Crippen molar-refractivity contribution in [1.29, 1.82) is 0 Å². The number of carbonyl (C=O) groups excluding carboxylic acids is 1. The van der Waals surface area contributed by atoms with Crippen molar-refractivity contribution in [3.05, 3.63) is 63.6 Å². The van der Waals surface area contributed by atoms with Crippen LogP contribution < -0.4 is 4.74 Å². The molecule has 1 unspecified atom stereocenters. The van der Waals surface area contributed by atoms with Crippen molar-refractivity contribution in [2.45, 2.75) is 32.3 Å². The van der Waals surface area contributed by atoms with Gasteiger partial charge in [-0.3, -0.25) is 4.79 Å². The Kier molecular flexibility index (Phi) is 4.79. The first-order valence-electron chi connectivity index (χ1n) is 8.04. The van der Waals surface area contributed by atoms with Crippen molar-refractivity contribution in [2.24, 2.45) is 0 Å². The molecule has 0 spiro atoms. The zero-order valence-electron chi connectivity index (χ0n) is 14.1. The van der Waals surface area contributed by atoms with Gasteiger partial charge in [0.25, 0.3) is 0 Å². The Bertz CT molecular complexity index is 740. The predicted molar refractivity (Wildman–Crippen MR) is 98.0 cm³/mol. The van der Waals surface area contributed by atoms with E-state index in [-0.39, 0.29) is 17.3 Å². The molecule has 1 atom stereocenters. The van der Waals surface area contributed by atoms with Crippen LogP contribution in [0.4, 0.5) is 0 Å². The lowest BCUT2D eigenvalue weighted by Gasteiger charge is -2.19. The summed E-state index contributed by atoms with van der Waals surface area (Å²) in [6, 6.07) is 13.3. The smallest absolute Gasteiger partial charge is 0.196 e. The van der Waals surface area contributed by atoms with E-state index in [1.165, 1.54) is 5.56 Å². The lowest BCUT2D eigenvalue weighted by Crippen LogP contribution is -2.12. The Morgan fingerprint density at radius 1 is 1.21 bits per heavy atom. The summed E-state index contributed by atoms with van der Waals surface area (Å²) in [7, 11) is 0. The standard InChI is InChI=1S/C20H21BrO3/c1-20(2,3)14-9-7-13(8-10-14)18(22)16-5-4-6-17(21)19(16)24-12-15-11-23-15/h4-10,15H,11-12H2,1-3H3. The molecule has 2 aromatic rings. The largest absolute Gasteiger partial charge is 0.489 e. The maximum absolute atomic E-state index is 12.9. The van der Waals surface area contributed by atoms with E-state index in [1.807, 2.05) is 36.4 Å². The minimum atomic E-state index is -0.0384. The molecule has 0 saturated carbocycles. The summed E-state index contributed by atoms with van der Waals surface area (Å²) in [6.45, 7) is 7.66. The van der Waals surface area contributed by atoms with Gasteiger partial charge in [-0.15, -0.1) is 0 Å². The molecule has 3 nitrogen and oxygen atoms in total. The van der Waals surface area contributed by atoms with Crippen molar-refractivity contribution in [3.8, 4) is 5.75 Å². The Morgan fingerprint density at radius 2 is 1.88 bits per heavy atom. The van der Waals surface area contributed by atoms with E-state index in [9.17, 15) is 4.79 Å². The third-order valence-electron chi connectivity index (χ3n) is 4.04. The van der Waals surface area contributed by atoms with E-state index in [1.54, 1.807) is 6.07 Å². The van der Waals surface area contributed by atoms with Crippen LogP contribution in [0.25, 0.3) is 0 Å². The molecule has 24 heavy (non-hydrogen) atoms. The Morgan fingerprint density at radius 3 is 2.46 bits per heavy atom. The van der Waals surface area contributed by atoms with Crippen LogP contribution in [0.15, 0.2) is 46.9 Å². The molecule has 4 heteroatoms. The van der Waals surface area contributed by atoms with Crippen LogP contribution in [0.5, 0.6) is 5.75 Å². The van der Waals surface area contributed by atoms with Gasteiger partial charge in [0.2, 0.25) is 0 Å². The zero-order chi connectivity index (χ0) is 17.3. The highest BCUT2D eigenvalue weighted by Gasteiger charge is 2.25. The number of hydrogen-bond acceptors (Lipinski definition) is 3. The maximum atomic E-state index is 12.9. The summed E-state index contributed by atoms with van der Waals surface area (Å²) < 4.78 is 11.8. The number of hydrogen-bond donors (Lipinski definition) is 0. The van der Waals surface area contributed by atoms with Crippen LogP contribution in [0.3, 0.4) is 0 Å². The third kappa shape index (κ3) is 3.87. The van der Waals surface area contributed by atoms with E-state index in [0.717, 1.165) is 11.1 Å². The lowest BCUT2D eigenvalue weighted by molar-refractivity contribution is 0.103. The van der Waals surface area contributed by atoms with E-state index >= 15 is 0 Å². The number of benzene rings is 2. The summed E-state index contributed by atoms with van der Waals surface area (Å²) in [6.07, 6.45) is 0.145. The summed E-state index contributed by atoms with van der Waals surface area (Å²) >= 11 is 3.48. The molecule has 0 N–H and O–H groups in total. The molecular formula is C20H21BrO3. The monoisotopic (exact) mass is 388 g/mol. The molecule has 1 heterocycles. The number of ether oxygens (including phenoxy) is 2. The molecule has 0 bridgehead atoms. The minimum Gasteiger partial charge on any atom is -0.489 e. The van der Waals surface area contributed by atoms with Crippen LogP contribution >= 0.6 is 15.9 Å². The number of rotatable bonds is 5. The van der Waals surface area contributed by atoms with Crippen molar-refractivity contribution in [1.82, 2.24) is 0 Å². The quantitative estimate of drug-likeness (QED) is 0.547. The van der Waals surface area contributed by atoms with E-state index in [0.29, 0.717) is 23.5 Å². The Hall–Kier alpha value is -1.65. The van der Waals surface area contributed by atoms with Gasteiger partial charge < -0.3 is 9.47 Å². The molecular weight excluding hydrogens is 368 g/mol. The molecule has 0 aliphatic carbocycles. The summed E-state index contributed by atoms with van der Waals surface area (Å²) in [5, 5.41) is 0. The number of carbonyl (C=O) groups is 1. The van der Waals surface area contributed by atoms with Crippen LogP contribution in [-0.4, -0.2) is 25.1 Å². The van der Waals surface area contributed by atoms with E-state index < -0.39 is 0 Å². The lowest BCUT2D eigenvalue weighted by atomic mass is 9.86. The highest BCUT2D eigenvalue weighted by molar-refractivity contribution is 9.10. The predicted octanol–water partition coefficient (Wildman–Crippen LogP) is 4.76. The Balaban J connectivity index is 1.87. The van der Waals surface area contributed by atoms with Crippen molar-refractivity contribution in [3.63, 3.8) is 0 Å². The van der Waals surface area contributed by atoms with E-state index in [2.05, 4.69) is 36.7 Å². The highest BCUT2D eigenvalue weighted by atomic mass is 79.9. The third-order valence-corrected chi connectivity index (χ3v) is 4.67. The molecule has 0 amide bonds. The SMILES string of the molecule is CC(C)(C)c1ccc(C(=O)c2cccc(Br)c2OCC2CO2)cc1. The number of para-hydroxylation sites is 1. The molecule has 2 aromatic carbocycles. The molecule has 1 aliphatic rings. The second kappa shape index (κ2) is 6.69.